The number of aliphatic hydroxyl groups is 2. The maximum atomic E-state index is 15.3. The van der Waals surface area contributed by atoms with Gasteiger partial charge in [0.2, 0.25) is 0 Å². The molecule has 44 heavy (non-hydrogen) atoms. The van der Waals surface area contributed by atoms with E-state index >= 15 is 8.78 Å². The fraction of sp³-hybridized carbons (Fsp3) is 0.727. The number of allylic oxidation sites excluding steroid dienone is 1. The number of hydrogen-bond donors (Lipinski definition) is 2. The predicted octanol–water partition coefficient (Wildman–Crippen LogP) is 6.70. The fourth-order valence-electron chi connectivity index (χ4n) is 9.28. The molecule has 1 aromatic rings. The first-order valence-electron chi connectivity index (χ1n) is 15.4. The zero-order chi connectivity index (χ0) is 32.1. The number of alkyl halides is 5. The number of rotatable bonds is 3. The number of methoxy groups -OCH3 is 1. The minimum Gasteiger partial charge on any atom is -0.465 e. The van der Waals surface area contributed by atoms with Crippen LogP contribution >= 0.6 is 0 Å². The van der Waals surface area contributed by atoms with Crippen LogP contribution in [0, 0.1) is 22.7 Å². The molecular formula is C33H41F5O6. The third-order valence-electron chi connectivity index (χ3n) is 11.6. The number of esters is 1. The zero-order valence-corrected chi connectivity index (χ0v) is 25.5. The number of fused-ring (bicyclic) bond motifs is 4. The first-order chi connectivity index (χ1) is 20.3. The van der Waals surface area contributed by atoms with Crippen molar-refractivity contribution in [1.29, 1.82) is 0 Å². The summed E-state index contributed by atoms with van der Waals surface area (Å²) < 4.78 is 89.3. The first kappa shape index (κ1) is 31.9. The molecule has 4 aliphatic carbocycles. The molecule has 6 atom stereocenters. The van der Waals surface area contributed by atoms with Crippen LogP contribution in [-0.4, -0.2) is 65.6 Å². The SMILES string of the molecule is COC(=O)c1ccc(C2CC3(C)C(CC[C@@]3(O)C(F)(F)C(F)(F)F)C3CC[C@@]4(O)CC5(CCC4=C23)OCC(C)(C)CO5)cc1. The van der Waals surface area contributed by atoms with Gasteiger partial charge in [-0.05, 0) is 73.6 Å². The summed E-state index contributed by atoms with van der Waals surface area (Å²) in [5.74, 6) is -8.55. The molecule has 1 aromatic carbocycles. The summed E-state index contributed by atoms with van der Waals surface area (Å²) in [5, 5.41) is 23.7. The Bertz CT molecular complexity index is 1350. The summed E-state index contributed by atoms with van der Waals surface area (Å²) in [7, 11) is 1.25. The summed E-state index contributed by atoms with van der Waals surface area (Å²) in [4.78, 5) is 12.1. The maximum absolute atomic E-state index is 15.3. The molecule has 11 heteroatoms. The monoisotopic (exact) mass is 628 g/mol. The Morgan fingerprint density at radius 3 is 2.18 bits per heavy atom. The predicted molar refractivity (Wildman–Crippen MR) is 149 cm³/mol. The molecule has 6 nitrogen and oxygen atoms in total. The van der Waals surface area contributed by atoms with Gasteiger partial charge in [0.15, 0.2) is 5.79 Å². The molecule has 1 heterocycles. The minimum atomic E-state index is -5.92. The van der Waals surface area contributed by atoms with Crippen LogP contribution < -0.4 is 0 Å². The van der Waals surface area contributed by atoms with Crippen LogP contribution in [-0.2, 0) is 14.2 Å². The molecule has 4 unspecified atom stereocenters. The molecule has 1 aliphatic heterocycles. The molecule has 0 bridgehead atoms. The molecule has 1 saturated heterocycles. The maximum Gasteiger partial charge on any atom is 0.456 e. The Balaban J connectivity index is 1.46. The van der Waals surface area contributed by atoms with Crippen molar-refractivity contribution in [3.05, 3.63) is 46.5 Å². The van der Waals surface area contributed by atoms with Crippen molar-refractivity contribution in [1.82, 2.24) is 0 Å². The summed E-state index contributed by atoms with van der Waals surface area (Å²) in [6, 6.07) is 6.40. The van der Waals surface area contributed by atoms with Gasteiger partial charge in [-0.1, -0.05) is 38.5 Å². The lowest BCUT2D eigenvalue weighted by Gasteiger charge is -2.59. The second-order valence-electron chi connectivity index (χ2n) is 14.8. The summed E-state index contributed by atoms with van der Waals surface area (Å²) in [6.45, 7) is 6.40. The lowest BCUT2D eigenvalue weighted by atomic mass is 9.49. The van der Waals surface area contributed by atoms with Gasteiger partial charge in [0, 0.05) is 29.6 Å². The topological polar surface area (TPSA) is 85.2 Å². The average Bonchev–Trinajstić information content (AvgIpc) is 3.24. The van der Waals surface area contributed by atoms with Crippen molar-refractivity contribution in [3.63, 3.8) is 0 Å². The van der Waals surface area contributed by atoms with E-state index in [0.717, 1.165) is 11.1 Å². The van der Waals surface area contributed by atoms with E-state index in [2.05, 4.69) is 0 Å². The summed E-state index contributed by atoms with van der Waals surface area (Å²) >= 11 is 0. The van der Waals surface area contributed by atoms with Gasteiger partial charge >= 0.3 is 18.1 Å². The van der Waals surface area contributed by atoms with E-state index < -0.39 is 64.6 Å². The molecular weight excluding hydrogens is 587 g/mol. The highest BCUT2D eigenvalue weighted by molar-refractivity contribution is 5.89. The highest BCUT2D eigenvalue weighted by Gasteiger charge is 2.79. The normalized spacial score (nSPS) is 38.1. The molecule has 244 valence electrons. The second kappa shape index (κ2) is 9.96. The van der Waals surface area contributed by atoms with E-state index in [1.54, 1.807) is 12.1 Å². The number of ether oxygens (including phenoxy) is 3. The molecule has 0 amide bonds. The van der Waals surface area contributed by atoms with Crippen molar-refractivity contribution in [2.45, 2.75) is 107 Å². The molecule has 3 saturated carbocycles. The average molecular weight is 629 g/mol. The molecule has 6 rings (SSSR count). The van der Waals surface area contributed by atoms with Crippen LogP contribution in [0.1, 0.15) is 94.0 Å². The van der Waals surface area contributed by atoms with Crippen LogP contribution in [0.5, 0.6) is 0 Å². The molecule has 0 aromatic heterocycles. The highest BCUT2D eigenvalue weighted by atomic mass is 19.4. The number of benzene rings is 1. The number of carbonyl (C=O) groups is 1. The first-order valence-corrected chi connectivity index (χ1v) is 15.4. The number of carbonyl (C=O) groups excluding carboxylic acids is 1. The largest absolute Gasteiger partial charge is 0.465 e. The van der Waals surface area contributed by atoms with Crippen molar-refractivity contribution in [3.8, 4) is 0 Å². The van der Waals surface area contributed by atoms with Crippen LogP contribution in [0.15, 0.2) is 35.4 Å². The van der Waals surface area contributed by atoms with Crippen molar-refractivity contribution >= 4 is 5.97 Å². The van der Waals surface area contributed by atoms with Crippen LogP contribution in [0.3, 0.4) is 0 Å². The molecule has 1 spiro atoms. The van der Waals surface area contributed by atoms with Gasteiger partial charge in [-0.25, -0.2) is 4.79 Å². The van der Waals surface area contributed by atoms with Crippen molar-refractivity contribution in [2.24, 2.45) is 22.7 Å². The van der Waals surface area contributed by atoms with Crippen LogP contribution in [0.2, 0.25) is 0 Å². The quantitative estimate of drug-likeness (QED) is 0.220. The van der Waals surface area contributed by atoms with Crippen molar-refractivity contribution < 1.29 is 51.2 Å². The zero-order valence-electron chi connectivity index (χ0n) is 25.5. The summed E-state index contributed by atoms with van der Waals surface area (Å²) in [6.07, 6.45) is -5.02. The Morgan fingerprint density at radius 1 is 0.955 bits per heavy atom. The van der Waals surface area contributed by atoms with Crippen LogP contribution in [0.25, 0.3) is 0 Å². The van der Waals surface area contributed by atoms with E-state index in [-0.39, 0.29) is 36.7 Å². The van der Waals surface area contributed by atoms with Gasteiger partial charge in [0.1, 0.15) is 5.60 Å². The molecule has 2 N–H and O–H groups in total. The minimum absolute atomic E-state index is 0.0117. The molecule has 4 fully saturated rings. The van der Waals surface area contributed by atoms with E-state index in [9.17, 15) is 28.2 Å². The lowest BCUT2D eigenvalue weighted by Crippen LogP contribution is -2.65. The van der Waals surface area contributed by atoms with E-state index in [1.807, 2.05) is 13.8 Å². The number of halogens is 5. The van der Waals surface area contributed by atoms with Gasteiger partial charge in [0.05, 0.1) is 31.5 Å². The molecule has 0 radical (unpaired) electrons. The Kier molecular flexibility index (Phi) is 7.22. The third kappa shape index (κ3) is 4.50. The van der Waals surface area contributed by atoms with E-state index in [4.69, 9.17) is 14.2 Å². The lowest BCUT2D eigenvalue weighted by molar-refractivity contribution is -0.362. The van der Waals surface area contributed by atoms with Gasteiger partial charge in [-0.3, -0.25) is 0 Å². The van der Waals surface area contributed by atoms with Gasteiger partial charge in [-0.2, -0.15) is 22.0 Å². The van der Waals surface area contributed by atoms with Gasteiger partial charge in [-0.15, -0.1) is 0 Å². The Morgan fingerprint density at radius 2 is 1.59 bits per heavy atom. The standard InChI is InChI=1S/C33H41F5O6/c1-27(2)17-43-30(44-18-27)13-10-24-25-21(9-12-29(24,40)16-30)23-11-14-31(41,32(34,35)33(36,37)38)28(23,3)15-22(25)19-5-7-20(8-6-19)26(39)42-4/h5-8,21-23,40-41H,9-18H2,1-4H3/t21?,22?,23?,28?,29-,31+/m1/s1. The Labute approximate surface area is 253 Å². The van der Waals surface area contributed by atoms with E-state index in [0.29, 0.717) is 38.0 Å². The van der Waals surface area contributed by atoms with Gasteiger partial charge in [0.25, 0.3) is 0 Å². The smallest absolute Gasteiger partial charge is 0.456 e. The third-order valence-corrected chi connectivity index (χ3v) is 11.6. The van der Waals surface area contributed by atoms with Gasteiger partial charge < -0.3 is 24.4 Å². The Hall–Kier alpha value is -2.08. The second-order valence-corrected chi connectivity index (χ2v) is 14.8. The number of hydrogen-bond acceptors (Lipinski definition) is 6. The van der Waals surface area contributed by atoms with Crippen LogP contribution in [0.4, 0.5) is 22.0 Å². The van der Waals surface area contributed by atoms with E-state index in [1.165, 1.54) is 26.2 Å². The van der Waals surface area contributed by atoms with Crippen molar-refractivity contribution in [2.75, 3.05) is 20.3 Å². The molecule has 5 aliphatic rings. The summed E-state index contributed by atoms with van der Waals surface area (Å²) in [5.41, 5.74) is -4.03. The fourth-order valence-corrected chi connectivity index (χ4v) is 9.28. The highest BCUT2D eigenvalue weighted by Crippen LogP contribution is 2.71.